The highest BCUT2D eigenvalue weighted by molar-refractivity contribution is 5.67. The monoisotopic (exact) mass is 169 g/mol. The van der Waals surface area contributed by atoms with Gasteiger partial charge in [0.25, 0.3) is 0 Å². The van der Waals surface area contributed by atoms with Gasteiger partial charge in [0.15, 0.2) is 0 Å². The number of carbonyl (C=O) groups excluding carboxylic acids is 1. The number of hydrogen-bond donors (Lipinski definition) is 1. The van der Waals surface area contributed by atoms with Crippen LogP contribution in [0.2, 0.25) is 0 Å². The lowest BCUT2D eigenvalue weighted by Crippen LogP contribution is -2.29. The minimum atomic E-state index is -0.218. The van der Waals surface area contributed by atoms with Crippen LogP contribution in [0.1, 0.15) is 32.1 Å². The Bertz CT molecular complexity index is 181. The molecule has 1 saturated carbocycles. The molecule has 1 heterocycles. The SMILES string of the molecule is O=C1NCC[C@@H]2CCCC[C@H]2O1. The summed E-state index contributed by atoms with van der Waals surface area (Å²) >= 11 is 0. The van der Waals surface area contributed by atoms with Gasteiger partial charge < -0.3 is 10.1 Å². The summed E-state index contributed by atoms with van der Waals surface area (Å²) in [5.74, 6) is 0.623. The predicted molar refractivity (Wildman–Crippen MR) is 44.8 cm³/mol. The second kappa shape index (κ2) is 3.33. The Morgan fingerprint density at radius 3 is 3.00 bits per heavy atom. The van der Waals surface area contributed by atoms with E-state index in [1.165, 1.54) is 19.3 Å². The van der Waals surface area contributed by atoms with Gasteiger partial charge >= 0.3 is 6.09 Å². The molecular weight excluding hydrogens is 154 g/mol. The van der Waals surface area contributed by atoms with Crippen LogP contribution < -0.4 is 5.32 Å². The van der Waals surface area contributed by atoms with E-state index in [9.17, 15) is 4.79 Å². The van der Waals surface area contributed by atoms with Crippen molar-refractivity contribution < 1.29 is 9.53 Å². The number of rotatable bonds is 0. The number of alkyl carbamates (subject to hydrolysis) is 1. The van der Waals surface area contributed by atoms with Gasteiger partial charge in [0.05, 0.1) is 0 Å². The number of nitrogens with one attached hydrogen (secondary N) is 1. The molecule has 0 spiro atoms. The van der Waals surface area contributed by atoms with Crippen molar-refractivity contribution in [2.45, 2.75) is 38.2 Å². The van der Waals surface area contributed by atoms with Gasteiger partial charge in [0, 0.05) is 6.54 Å². The Balaban J connectivity index is 2.01. The Morgan fingerprint density at radius 2 is 2.08 bits per heavy atom. The van der Waals surface area contributed by atoms with Crippen molar-refractivity contribution in [1.82, 2.24) is 5.32 Å². The third kappa shape index (κ3) is 1.54. The van der Waals surface area contributed by atoms with Crippen molar-refractivity contribution in [1.29, 1.82) is 0 Å². The summed E-state index contributed by atoms with van der Waals surface area (Å²) in [6, 6.07) is 0. The zero-order valence-electron chi connectivity index (χ0n) is 7.21. The van der Waals surface area contributed by atoms with Crippen LogP contribution in [0.25, 0.3) is 0 Å². The largest absolute Gasteiger partial charge is 0.446 e. The second-order valence-corrected chi connectivity index (χ2v) is 3.70. The highest BCUT2D eigenvalue weighted by Crippen LogP contribution is 2.30. The second-order valence-electron chi connectivity index (χ2n) is 3.70. The maximum Gasteiger partial charge on any atom is 0.407 e. The fraction of sp³-hybridized carbons (Fsp3) is 0.889. The molecule has 3 heteroatoms. The normalized spacial score (nSPS) is 35.8. The Morgan fingerprint density at radius 1 is 1.25 bits per heavy atom. The molecular formula is C9H15NO2. The van der Waals surface area contributed by atoms with E-state index in [2.05, 4.69) is 5.32 Å². The average molecular weight is 169 g/mol. The van der Waals surface area contributed by atoms with Crippen LogP contribution in [0.5, 0.6) is 0 Å². The van der Waals surface area contributed by atoms with Crippen LogP contribution in [0.4, 0.5) is 4.79 Å². The van der Waals surface area contributed by atoms with Gasteiger partial charge in [0.2, 0.25) is 0 Å². The van der Waals surface area contributed by atoms with Gasteiger partial charge in [-0.2, -0.15) is 0 Å². The summed E-state index contributed by atoms with van der Waals surface area (Å²) in [6.45, 7) is 0.792. The summed E-state index contributed by atoms with van der Waals surface area (Å²) in [5.41, 5.74) is 0. The summed E-state index contributed by atoms with van der Waals surface area (Å²) in [6.07, 6.45) is 5.91. The van der Waals surface area contributed by atoms with Gasteiger partial charge in [-0.05, 0) is 31.6 Å². The van der Waals surface area contributed by atoms with Crippen LogP contribution in [-0.2, 0) is 4.74 Å². The summed E-state index contributed by atoms with van der Waals surface area (Å²) in [4.78, 5) is 11.0. The van der Waals surface area contributed by atoms with E-state index in [0.29, 0.717) is 5.92 Å². The van der Waals surface area contributed by atoms with Crippen molar-refractivity contribution >= 4 is 6.09 Å². The van der Waals surface area contributed by atoms with E-state index >= 15 is 0 Å². The smallest absolute Gasteiger partial charge is 0.407 e. The quantitative estimate of drug-likeness (QED) is 0.599. The third-order valence-electron chi connectivity index (χ3n) is 2.88. The summed E-state index contributed by atoms with van der Waals surface area (Å²) < 4.78 is 5.27. The molecule has 1 amide bonds. The molecule has 0 aromatic heterocycles. The Hall–Kier alpha value is -0.730. The fourth-order valence-corrected chi connectivity index (χ4v) is 2.20. The number of ether oxygens (including phenoxy) is 1. The van der Waals surface area contributed by atoms with Crippen LogP contribution in [0.15, 0.2) is 0 Å². The van der Waals surface area contributed by atoms with Crippen LogP contribution in [0, 0.1) is 5.92 Å². The molecule has 0 bridgehead atoms. The molecule has 1 N–H and O–H groups in total. The maximum atomic E-state index is 11.0. The van der Waals surface area contributed by atoms with E-state index < -0.39 is 0 Å². The lowest BCUT2D eigenvalue weighted by Gasteiger charge is -2.28. The third-order valence-corrected chi connectivity index (χ3v) is 2.88. The van der Waals surface area contributed by atoms with Crippen LogP contribution >= 0.6 is 0 Å². The van der Waals surface area contributed by atoms with Crippen molar-refractivity contribution in [2.24, 2.45) is 5.92 Å². The minimum absolute atomic E-state index is 0.209. The van der Waals surface area contributed by atoms with Crippen molar-refractivity contribution in [3.63, 3.8) is 0 Å². The molecule has 0 aromatic carbocycles. The van der Waals surface area contributed by atoms with E-state index in [4.69, 9.17) is 4.74 Å². The Kier molecular flexibility index (Phi) is 2.19. The molecule has 0 radical (unpaired) electrons. The summed E-state index contributed by atoms with van der Waals surface area (Å²) in [7, 11) is 0. The van der Waals surface area contributed by atoms with Crippen LogP contribution in [0.3, 0.4) is 0 Å². The molecule has 12 heavy (non-hydrogen) atoms. The zero-order valence-corrected chi connectivity index (χ0v) is 7.21. The van der Waals surface area contributed by atoms with E-state index in [1.54, 1.807) is 0 Å². The molecule has 68 valence electrons. The van der Waals surface area contributed by atoms with E-state index in [1.807, 2.05) is 0 Å². The van der Waals surface area contributed by atoms with Gasteiger partial charge in [-0.1, -0.05) is 6.42 Å². The highest BCUT2D eigenvalue weighted by atomic mass is 16.6. The lowest BCUT2D eigenvalue weighted by molar-refractivity contribution is 0.0481. The standard InChI is InChI=1S/C9H15NO2/c11-9-10-6-5-7-3-1-2-4-8(7)12-9/h7-8H,1-6H2,(H,10,11)/t7-,8+/m0/s1. The van der Waals surface area contributed by atoms with Crippen molar-refractivity contribution in [2.75, 3.05) is 6.54 Å². The molecule has 2 fully saturated rings. The zero-order chi connectivity index (χ0) is 8.39. The van der Waals surface area contributed by atoms with Crippen molar-refractivity contribution in [3.8, 4) is 0 Å². The predicted octanol–water partition coefficient (Wildman–Crippen LogP) is 1.68. The highest BCUT2D eigenvalue weighted by Gasteiger charge is 2.30. The molecule has 1 saturated heterocycles. The number of hydrogen-bond acceptors (Lipinski definition) is 2. The molecule has 1 aliphatic heterocycles. The van der Waals surface area contributed by atoms with Gasteiger partial charge in [-0.25, -0.2) is 4.79 Å². The molecule has 2 aliphatic rings. The number of carbonyl (C=O) groups is 1. The first-order valence-electron chi connectivity index (χ1n) is 4.81. The topological polar surface area (TPSA) is 38.3 Å². The first-order chi connectivity index (χ1) is 5.86. The van der Waals surface area contributed by atoms with E-state index in [-0.39, 0.29) is 12.2 Å². The van der Waals surface area contributed by atoms with Crippen LogP contribution in [-0.4, -0.2) is 18.7 Å². The first-order valence-corrected chi connectivity index (χ1v) is 4.81. The molecule has 0 aromatic rings. The van der Waals surface area contributed by atoms with Gasteiger partial charge in [0.1, 0.15) is 6.10 Å². The molecule has 0 unspecified atom stereocenters. The van der Waals surface area contributed by atoms with Gasteiger partial charge in [-0.15, -0.1) is 0 Å². The molecule has 3 nitrogen and oxygen atoms in total. The maximum absolute atomic E-state index is 11.0. The van der Waals surface area contributed by atoms with E-state index in [0.717, 1.165) is 19.4 Å². The Labute approximate surface area is 72.5 Å². The average Bonchev–Trinajstić information content (AvgIpc) is 2.25. The lowest BCUT2D eigenvalue weighted by atomic mass is 9.84. The first kappa shape index (κ1) is 7.90. The van der Waals surface area contributed by atoms with Crippen molar-refractivity contribution in [3.05, 3.63) is 0 Å². The number of amides is 1. The molecule has 2 rings (SSSR count). The fourth-order valence-electron chi connectivity index (χ4n) is 2.20. The summed E-state index contributed by atoms with van der Waals surface area (Å²) in [5, 5.41) is 2.74. The molecule has 1 aliphatic carbocycles. The minimum Gasteiger partial charge on any atom is -0.446 e. The molecule has 2 atom stereocenters. The number of fused-ring (bicyclic) bond motifs is 1. The van der Waals surface area contributed by atoms with Gasteiger partial charge in [-0.3, -0.25) is 0 Å².